The van der Waals surface area contributed by atoms with Crippen molar-refractivity contribution in [2.45, 2.75) is 19.8 Å². The third kappa shape index (κ3) is 2.42. The molecule has 1 unspecified atom stereocenters. The van der Waals surface area contributed by atoms with Gasteiger partial charge in [0.1, 0.15) is 0 Å². The van der Waals surface area contributed by atoms with E-state index in [0.717, 1.165) is 28.9 Å². The molecule has 2 aromatic rings. The minimum Gasteiger partial charge on any atom is -0.303 e. The molecular formula is C13H17BrN4. The van der Waals surface area contributed by atoms with Crippen molar-refractivity contribution in [3.8, 4) is 0 Å². The molecule has 5 heteroatoms. The van der Waals surface area contributed by atoms with Crippen LogP contribution in [-0.4, -0.2) is 39.1 Å². The number of pyridine rings is 1. The molecule has 0 aliphatic carbocycles. The summed E-state index contributed by atoms with van der Waals surface area (Å²) in [4.78, 5) is 7.09. The highest BCUT2D eigenvalue weighted by Crippen LogP contribution is 2.20. The normalized spacial score (nSPS) is 20.9. The van der Waals surface area contributed by atoms with Crippen LogP contribution in [0.1, 0.15) is 19.2 Å². The zero-order chi connectivity index (χ0) is 12.5. The molecule has 96 valence electrons. The maximum atomic E-state index is 4.59. The SMILES string of the molecule is CCN1CCC(Cc2nc3cc(Br)ccn3n2)C1. The van der Waals surface area contributed by atoms with Gasteiger partial charge in [0.2, 0.25) is 0 Å². The zero-order valence-corrected chi connectivity index (χ0v) is 12.1. The molecule has 3 heterocycles. The predicted molar refractivity (Wildman–Crippen MR) is 74.6 cm³/mol. The van der Waals surface area contributed by atoms with Gasteiger partial charge in [0.15, 0.2) is 11.5 Å². The van der Waals surface area contributed by atoms with Gasteiger partial charge in [0, 0.05) is 23.6 Å². The van der Waals surface area contributed by atoms with E-state index in [9.17, 15) is 0 Å². The number of hydrogen-bond acceptors (Lipinski definition) is 3. The van der Waals surface area contributed by atoms with Crippen molar-refractivity contribution in [1.82, 2.24) is 19.5 Å². The lowest BCUT2D eigenvalue weighted by Crippen LogP contribution is -2.20. The lowest BCUT2D eigenvalue weighted by Gasteiger charge is -2.11. The first kappa shape index (κ1) is 12.1. The topological polar surface area (TPSA) is 33.4 Å². The van der Waals surface area contributed by atoms with Crippen LogP contribution in [0.5, 0.6) is 0 Å². The number of fused-ring (bicyclic) bond motifs is 1. The van der Waals surface area contributed by atoms with E-state index in [1.807, 2.05) is 22.8 Å². The Balaban J connectivity index is 1.75. The largest absolute Gasteiger partial charge is 0.303 e. The first-order valence-corrected chi connectivity index (χ1v) is 7.27. The van der Waals surface area contributed by atoms with E-state index >= 15 is 0 Å². The summed E-state index contributed by atoms with van der Waals surface area (Å²) in [5.74, 6) is 1.68. The molecule has 1 aliphatic rings. The highest BCUT2D eigenvalue weighted by Gasteiger charge is 2.22. The monoisotopic (exact) mass is 308 g/mol. The van der Waals surface area contributed by atoms with E-state index in [1.165, 1.54) is 19.5 Å². The number of rotatable bonds is 3. The summed E-state index contributed by atoms with van der Waals surface area (Å²) >= 11 is 3.46. The smallest absolute Gasteiger partial charge is 0.156 e. The Morgan fingerprint density at radius 2 is 2.39 bits per heavy atom. The molecule has 18 heavy (non-hydrogen) atoms. The van der Waals surface area contributed by atoms with Crippen LogP contribution in [0.4, 0.5) is 0 Å². The molecule has 1 fully saturated rings. The molecule has 4 nitrogen and oxygen atoms in total. The second-order valence-corrected chi connectivity index (χ2v) is 5.84. The molecule has 3 rings (SSSR count). The molecule has 0 bridgehead atoms. The van der Waals surface area contributed by atoms with Gasteiger partial charge in [0.25, 0.3) is 0 Å². The van der Waals surface area contributed by atoms with E-state index in [2.05, 4.69) is 37.8 Å². The number of hydrogen-bond donors (Lipinski definition) is 0. The maximum absolute atomic E-state index is 4.59. The van der Waals surface area contributed by atoms with Crippen molar-refractivity contribution in [2.24, 2.45) is 5.92 Å². The standard InChI is InChI=1S/C13H17BrN4/c1-2-17-5-3-10(9-17)7-12-15-13-8-11(14)4-6-18(13)16-12/h4,6,8,10H,2-3,5,7,9H2,1H3. The highest BCUT2D eigenvalue weighted by atomic mass is 79.9. The second kappa shape index (κ2) is 4.97. The third-order valence-electron chi connectivity index (χ3n) is 3.63. The quantitative estimate of drug-likeness (QED) is 0.873. The van der Waals surface area contributed by atoms with Crippen LogP contribution in [0.15, 0.2) is 22.8 Å². The lowest BCUT2D eigenvalue weighted by atomic mass is 10.1. The van der Waals surface area contributed by atoms with Crippen molar-refractivity contribution in [3.63, 3.8) is 0 Å². The van der Waals surface area contributed by atoms with Crippen molar-refractivity contribution in [1.29, 1.82) is 0 Å². The van der Waals surface area contributed by atoms with Crippen molar-refractivity contribution >= 4 is 21.6 Å². The Hall–Kier alpha value is -0.940. The van der Waals surface area contributed by atoms with E-state index < -0.39 is 0 Å². The summed E-state index contributed by atoms with van der Waals surface area (Å²) in [5, 5.41) is 4.53. The van der Waals surface area contributed by atoms with E-state index in [1.54, 1.807) is 0 Å². The average molecular weight is 309 g/mol. The minimum absolute atomic E-state index is 0.714. The molecule has 0 saturated carbocycles. The molecule has 2 aromatic heterocycles. The van der Waals surface area contributed by atoms with E-state index in [-0.39, 0.29) is 0 Å². The average Bonchev–Trinajstić information content (AvgIpc) is 2.95. The van der Waals surface area contributed by atoms with Gasteiger partial charge in [0.05, 0.1) is 0 Å². The first-order chi connectivity index (χ1) is 8.74. The van der Waals surface area contributed by atoms with E-state index in [0.29, 0.717) is 5.92 Å². The van der Waals surface area contributed by atoms with Crippen LogP contribution in [0.25, 0.3) is 5.65 Å². The first-order valence-electron chi connectivity index (χ1n) is 6.48. The molecular weight excluding hydrogens is 292 g/mol. The lowest BCUT2D eigenvalue weighted by molar-refractivity contribution is 0.341. The number of likely N-dealkylation sites (tertiary alicyclic amines) is 1. The molecule has 0 radical (unpaired) electrons. The fourth-order valence-electron chi connectivity index (χ4n) is 2.61. The van der Waals surface area contributed by atoms with Crippen LogP contribution in [-0.2, 0) is 6.42 Å². The van der Waals surface area contributed by atoms with Gasteiger partial charge in [-0.05, 0) is 37.6 Å². The van der Waals surface area contributed by atoms with Gasteiger partial charge in [-0.1, -0.05) is 22.9 Å². The summed E-state index contributed by atoms with van der Waals surface area (Å²) in [7, 11) is 0. The number of nitrogens with zero attached hydrogens (tertiary/aromatic N) is 4. The maximum Gasteiger partial charge on any atom is 0.156 e. The summed E-state index contributed by atoms with van der Waals surface area (Å²) in [6.45, 7) is 5.79. The Morgan fingerprint density at radius 3 is 3.17 bits per heavy atom. The third-order valence-corrected chi connectivity index (χ3v) is 4.13. The van der Waals surface area contributed by atoms with Gasteiger partial charge >= 0.3 is 0 Å². The zero-order valence-electron chi connectivity index (χ0n) is 10.5. The van der Waals surface area contributed by atoms with E-state index in [4.69, 9.17) is 0 Å². The molecule has 0 amide bonds. The minimum atomic E-state index is 0.714. The Kier molecular flexibility index (Phi) is 3.35. The summed E-state index contributed by atoms with van der Waals surface area (Å²) in [5.41, 5.74) is 0.921. The van der Waals surface area contributed by atoms with Gasteiger partial charge in [-0.15, -0.1) is 0 Å². The van der Waals surface area contributed by atoms with Crippen LogP contribution in [0.2, 0.25) is 0 Å². The van der Waals surface area contributed by atoms with Crippen molar-refractivity contribution in [3.05, 3.63) is 28.6 Å². The van der Waals surface area contributed by atoms with Crippen LogP contribution < -0.4 is 0 Å². The number of halogens is 1. The van der Waals surface area contributed by atoms with Gasteiger partial charge < -0.3 is 4.90 Å². The highest BCUT2D eigenvalue weighted by molar-refractivity contribution is 9.10. The van der Waals surface area contributed by atoms with Crippen LogP contribution in [0, 0.1) is 5.92 Å². The summed E-state index contributed by atoms with van der Waals surface area (Å²) in [6.07, 6.45) is 4.21. The van der Waals surface area contributed by atoms with Gasteiger partial charge in [-0.25, -0.2) is 9.50 Å². The van der Waals surface area contributed by atoms with Gasteiger partial charge in [-0.3, -0.25) is 0 Å². The van der Waals surface area contributed by atoms with Crippen molar-refractivity contribution < 1.29 is 0 Å². The number of aromatic nitrogens is 3. The van der Waals surface area contributed by atoms with Gasteiger partial charge in [-0.2, -0.15) is 5.10 Å². The van der Waals surface area contributed by atoms with Crippen LogP contribution >= 0.6 is 15.9 Å². The fraction of sp³-hybridized carbons (Fsp3) is 0.538. The Bertz CT molecular complexity index is 551. The molecule has 0 N–H and O–H groups in total. The van der Waals surface area contributed by atoms with Crippen molar-refractivity contribution in [2.75, 3.05) is 19.6 Å². The Labute approximate surface area is 115 Å². The molecule has 1 aliphatic heterocycles. The molecule has 0 aromatic carbocycles. The van der Waals surface area contributed by atoms with Crippen LogP contribution in [0.3, 0.4) is 0 Å². The predicted octanol–water partition coefficient (Wildman–Crippen LogP) is 2.38. The second-order valence-electron chi connectivity index (χ2n) is 4.93. The molecule has 0 spiro atoms. The molecule has 1 atom stereocenters. The Morgan fingerprint density at radius 1 is 1.50 bits per heavy atom. The fourth-order valence-corrected chi connectivity index (χ4v) is 2.94. The summed E-state index contributed by atoms with van der Waals surface area (Å²) < 4.78 is 2.90. The summed E-state index contributed by atoms with van der Waals surface area (Å²) in [6, 6.07) is 3.99. The molecule has 1 saturated heterocycles.